The van der Waals surface area contributed by atoms with Crippen LogP contribution in [0, 0.1) is 0 Å². The molecule has 7 N–H and O–H groups in total. The van der Waals surface area contributed by atoms with Crippen LogP contribution in [-0.2, 0) is 14.2 Å². The highest BCUT2D eigenvalue weighted by Crippen LogP contribution is 2.41. The van der Waals surface area contributed by atoms with E-state index in [1.54, 1.807) is 89.8 Å². The summed E-state index contributed by atoms with van der Waals surface area (Å²) in [4.78, 5) is 29.6. The zero-order chi connectivity index (χ0) is 46.9. The third-order valence-corrected chi connectivity index (χ3v) is 12.5. The van der Waals surface area contributed by atoms with Crippen molar-refractivity contribution in [2.45, 2.75) is 76.1 Å². The number of hydrogen-bond donors (Lipinski definition) is 7. The Balaban J connectivity index is 0.000000235. The molecule has 70 heavy (non-hydrogen) atoms. The lowest BCUT2D eigenvalue weighted by Gasteiger charge is -2.26. The van der Waals surface area contributed by atoms with Gasteiger partial charge in [-0.1, -0.05) is 116 Å². The molecule has 8 aromatic rings. The first-order valence-corrected chi connectivity index (χ1v) is 21.8. The number of fused-ring (bicyclic) bond motifs is 2. The molecule has 2 aliphatic heterocycles. The van der Waals surface area contributed by atoms with Crippen molar-refractivity contribution in [1.82, 2.24) is 29.1 Å². The molecule has 0 amide bonds. The van der Waals surface area contributed by atoms with Crippen LogP contribution in [0.2, 0.25) is 15.2 Å². The van der Waals surface area contributed by atoms with Gasteiger partial charge >= 0.3 is 5.97 Å². The third-order valence-electron chi connectivity index (χ3n) is 11.7. The third kappa shape index (κ3) is 10.6. The maximum Gasteiger partial charge on any atom is 0.338 e. The van der Waals surface area contributed by atoms with Crippen molar-refractivity contribution in [2.24, 2.45) is 0 Å². The molecule has 6 heterocycles. The van der Waals surface area contributed by atoms with Gasteiger partial charge in [0.25, 0.3) is 0 Å². The monoisotopic (exact) mass is 1040 g/mol. The second kappa shape index (κ2) is 23.0. The molecule has 0 saturated carbocycles. The van der Waals surface area contributed by atoms with Crippen molar-refractivity contribution in [3.63, 3.8) is 0 Å². The highest BCUT2D eigenvalue weighted by atomic mass is 35.5. The molecule has 0 unspecified atom stereocenters. The summed E-state index contributed by atoms with van der Waals surface area (Å²) in [6.45, 7) is 0. The van der Waals surface area contributed by atoms with E-state index in [2.05, 4.69) is 19.9 Å². The molecular formula is C49H49Cl4N7O10. The summed E-state index contributed by atoms with van der Waals surface area (Å²) in [5.41, 5.74) is 6.14. The molecule has 2 aliphatic rings. The zero-order valence-electron chi connectivity index (χ0n) is 35.1. The standard InChI is InChI=1S/C30H23Cl2N3O5.C17H17ClN4O5.2CH4.ClH/c31-21-12-10-19(11-13-21)25(40-30(38)20-8-6-18(7-9-20)17-4-2-1-3-5-17)26-23(36)24(37)29(39-26)35-15-14-22-27(32)33-16-34-28(22)35;18-9-3-1-8(2-4-9)11(23)14-12(24)13(25)17(27-14)22-6-5-10-15(21-26)19-7-20-16(10)22;;;/h1-16,23-26,29,36-37H;1-7,11-14,17,23-26H,(H,19,20,21);2*1H4;1H/t23-,24+,25+,26-,29+;11-,12+,13-,14-,17-;;;/m01.../s1. The summed E-state index contributed by atoms with van der Waals surface area (Å²) in [6.07, 6.45) is -5.98. The van der Waals surface area contributed by atoms with Gasteiger partial charge in [-0.3, -0.25) is 10.7 Å². The average Bonchev–Trinajstić information content (AvgIpc) is 4.13. The number of nitrogens with zero attached hydrogens (tertiary/aromatic N) is 6. The molecule has 10 atom stereocenters. The van der Waals surface area contributed by atoms with Crippen molar-refractivity contribution >= 4 is 81.1 Å². The fourth-order valence-corrected chi connectivity index (χ4v) is 8.64. The minimum Gasteiger partial charge on any atom is -0.451 e. The first-order chi connectivity index (χ1) is 32.4. The summed E-state index contributed by atoms with van der Waals surface area (Å²) < 4.78 is 21.0. The Morgan fingerprint density at radius 2 is 1.11 bits per heavy atom. The van der Waals surface area contributed by atoms with Gasteiger partial charge in [-0.15, -0.1) is 12.4 Å². The summed E-state index contributed by atoms with van der Waals surface area (Å²) in [5.74, 6) is -0.413. The quantitative estimate of drug-likeness (QED) is 0.0386. The number of aliphatic hydroxyl groups is 5. The lowest BCUT2D eigenvalue weighted by atomic mass is 9.98. The van der Waals surface area contributed by atoms with E-state index in [1.807, 2.05) is 47.9 Å². The molecule has 0 radical (unpaired) electrons. The summed E-state index contributed by atoms with van der Waals surface area (Å²) >= 11 is 18.1. The number of anilines is 1. The van der Waals surface area contributed by atoms with E-state index in [0.29, 0.717) is 48.8 Å². The number of rotatable bonds is 10. The number of aliphatic hydroxyl groups excluding tert-OH is 5. The van der Waals surface area contributed by atoms with Crippen LogP contribution in [0.1, 0.15) is 61.0 Å². The van der Waals surface area contributed by atoms with Gasteiger partial charge < -0.3 is 48.9 Å². The number of esters is 1. The van der Waals surface area contributed by atoms with Crippen LogP contribution in [0.25, 0.3) is 33.2 Å². The van der Waals surface area contributed by atoms with Crippen LogP contribution in [0.3, 0.4) is 0 Å². The molecule has 368 valence electrons. The number of halogens is 4. The first kappa shape index (κ1) is 53.6. The Kier molecular flexibility index (Phi) is 17.6. The number of carbonyl (C=O) groups excluding carboxylic acids is 1. The van der Waals surface area contributed by atoms with E-state index in [9.17, 15) is 30.3 Å². The lowest BCUT2D eigenvalue weighted by Crippen LogP contribution is -2.36. The van der Waals surface area contributed by atoms with E-state index in [4.69, 9.17) is 54.2 Å². The highest BCUT2D eigenvalue weighted by molar-refractivity contribution is 6.34. The van der Waals surface area contributed by atoms with E-state index >= 15 is 0 Å². The summed E-state index contributed by atoms with van der Waals surface area (Å²) in [7, 11) is 0. The van der Waals surface area contributed by atoms with Crippen molar-refractivity contribution < 1.29 is 49.7 Å². The van der Waals surface area contributed by atoms with Crippen molar-refractivity contribution in [3.8, 4) is 11.1 Å². The SMILES string of the molecule is C.C.Cl.O=C(O[C@H](c1ccc(Cl)cc1)[C@H]1O[C@@H](n2ccc3c(Cl)ncnc32)[C@H](O)[C@@H]1O)c1ccc(-c2ccccc2)cc1.ONc1ncnc2c1ccn2[C@@H]1O[C@H]([C@H](O)c2ccc(Cl)cc2)[C@@H](O)[C@H]1O. The van der Waals surface area contributed by atoms with Crippen LogP contribution in [0.4, 0.5) is 5.82 Å². The Hall–Kier alpha value is -5.77. The van der Waals surface area contributed by atoms with Crippen molar-refractivity contribution in [1.29, 1.82) is 0 Å². The molecular weight excluding hydrogens is 988 g/mol. The zero-order valence-corrected chi connectivity index (χ0v) is 38.2. The fraction of sp³-hybridized carbons (Fsp3) is 0.245. The van der Waals surface area contributed by atoms with Gasteiger partial charge in [0.1, 0.15) is 71.8 Å². The molecule has 0 spiro atoms. The van der Waals surface area contributed by atoms with Gasteiger partial charge in [0, 0.05) is 22.4 Å². The number of benzene rings is 4. The lowest BCUT2D eigenvalue weighted by molar-refractivity contribution is -0.0916. The molecule has 2 fully saturated rings. The molecule has 17 nitrogen and oxygen atoms in total. The van der Waals surface area contributed by atoms with E-state index in [-0.39, 0.29) is 38.2 Å². The van der Waals surface area contributed by atoms with Gasteiger partial charge in [0.2, 0.25) is 0 Å². The van der Waals surface area contributed by atoms with Crippen LogP contribution >= 0.6 is 47.2 Å². The molecule has 2 saturated heterocycles. The van der Waals surface area contributed by atoms with E-state index in [1.165, 1.54) is 17.2 Å². The van der Waals surface area contributed by atoms with E-state index < -0.39 is 67.3 Å². The van der Waals surface area contributed by atoms with Crippen LogP contribution in [0.5, 0.6) is 0 Å². The fourth-order valence-electron chi connectivity index (χ4n) is 8.19. The molecule has 4 aromatic heterocycles. The van der Waals surface area contributed by atoms with Gasteiger partial charge in [0.15, 0.2) is 24.4 Å². The van der Waals surface area contributed by atoms with Gasteiger partial charge in [-0.25, -0.2) is 24.7 Å². The first-order valence-electron chi connectivity index (χ1n) is 20.7. The summed E-state index contributed by atoms with van der Waals surface area (Å²) in [6, 6.07) is 33.4. The van der Waals surface area contributed by atoms with Gasteiger partial charge in [-0.05, 0) is 70.8 Å². The number of aromatic nitrogens is 6. The topological polar surface area (TPSA) is 240 Å². The minimum absolute atomic E-state index is 0. The summed E-state index contributed by atoms with van der Waals surface area (Å²) in [5, 5.41) is 65.1. The molecule has 0 aliphatic carbocycles. The number of ether oxygens (including phenoxy) is 3. The smallest absolute Gasteiger partial charge is 0.338 e. The Morgan fingerprint density at radius 1 is 0.614 bits per heavy atom. The molecule has 4 aromatic carbocycles. The molecule has 10 rings (SSSR count). The number of nitrogens with one attached hydrogen (secondary N) is 1. The molecule has 21 heteroatoms. The van der Waals surface area contributed by atoms with Crippen molar-refractivity contribution in [3.05, 3.63) is 172 Å². The minimum atomic E-state index is -1.39. The maximum atomic E-state index is 13.3. The van der Waals surface area contributed by atoms with E-state index in [0.717, 1.165) is 11.1 Å². The van der Waals surface area contributed by atoms with Crippen LogP contribution < -0.4 is 5.48 Å². The molecule has 0 bridgehead atoms. The van der Waals surface area contributed by atoms with Crippen LogP contribution in [0.15, 0.2) is 140 Å². The van der Waals surface area contributed by atoms with Gasteiger partial charge in [-0.2, -0.15) is 0 Å². The second-order valence-corrected chi connectivity index (χ2v) is 16.9. The van der Waals surface area contributed by atoms with Gasteiger partial charge in [0.05, 0.1) is 16.3 Å². The van der Waals surface area contributed by atoms with Crippen molar-refractivity contribution in [2.75, 3.05) is 5.48 Å². The second-order valence-electron chi connectivity index (χ2n) is 15.7. The Labute approximate surface area is 422 Å². The normalized spacial score (nSPS) is 22.4. The largest absolute Gasteiger partial charge is 0.451 e. The number of carbonyl (C=O) groups is 1. The number of hydrogen-bond acceptors (Lipinski definition) is 15. The maximum absolute atomic E-state index is 13.3. The Bertz CT molecular complexity index is 2990. The predicted molar refractivity (Wildman–Crippen MR) is 266 cm³/mol. The predicted octanol–water partition coefficient (Wildman–Crippen LogP) is 8.56. The Morgan fingerprint density at radius 3 is 1.70 bits per heavy atom. The average molecular weight is 1040 g/mol. The highest BCUT2D eigenvalue weighted by Gasteiger charge is 2.50. The van der Waals surface area contributed by atoms with Crippen LogP contribution in [-0.4, -0.2) is 102 Å².